The van der Waals surface area contributed by atoms with Gasteiger partial charge in [0.15, 0.2) is 0 Å². The predicted octanol–water partition coefficient (Wildman–Crippen LogP) is 4.14. The van der Waals surface area contributed by atoms with Gasteiger partial charge in [0, 0.05) is 11.7 Å². The highest BCUT2D eigenvalue weighted by Crippen LogP contribution is 2.32. The van der Waals surface area contributed by atoms with Crippen LogP contribution in [0.4, 0.5) is 21.5 Å². The summed E-state index contributed by atoms with van der Waals surface area (Å²) in [5.74, 6) is -0.825. The zero-order valence-corrected chi connectivity index (χ0v) is 11.9. The lowest BCUT2D eigenvalue weighted by atomic mass is 10.1. The first-order valence-electron chi connectivity index (χ1n) is 6.14. The Morgan fingerprint density at radius 1 is 1.33 bits per heavy atom. The summed E-state index contributed by atoms with van der Waals surface area (Å²) in [4.78, 5) is 10.3. The Hall–Kier alpha value is -2.34. The molecule has 0 aliphatic rings. The normalized spacial score (nSPS) is 12.0. The maximum atomic E-state index is 13.3. The molecule has 5 nitrogen and oxygen atoms in total. The molecule has 0 amide bonds. The molecule has 0 aliphatic heterocycles. The average molecular weight is 310 g/mol. The topological polar surface area (TPSA) is 81.2 Å². The zero-order chi connectivity index (χ0) is 15.6. The van der Waals surface area contributed by atoms with Gasteiger partial charge in [-0.25, -0.2) is 4.39 Å². The minimum Gasteiger partial charge on any atom is -0.399 e. The van der Waals surface area contributed by atoms with E-state index in [1.54, 1.807) is 12.1 Å². The molecule has 0 heterocycles. The summed E-state index contributed by atoms with van der Waals surface area (Å²) in [5.41, 5.74) is 6.93. The Bertz CT molecular complexity index is 677. The maximum Gasteiger partial charge on any atom is 0.295 e. The summed E-state index contributed by atoms with van der Waals surface area (Å²) in [6.07, 6.45) is 0. The molecule has 2 aromatic carbocycles. The van der Waals surface area contributed by atoms with Crippen molar-refractivity contribution in [3.63, 3.8) is 0 Å². The highest BCUT2D eigenvalue weighted by Gasteiger charge is 2.19. The van der Waals surface area contributed by atoms with Gasteiger partial charge in [-0.15, -0.1) is 0 Å². The molecule has 0 spiro atoms. The largest absolute Gasteiger partial charge is 0.399 e. The summed E-state index contributed by atoms with van der Waals surface area (Å²) in [6.45, 7) is 1.83. The number of hydrogen-bond donors (Lipinski definition) is 2. The van der Waals surface area contributed by atoms with Gasteiger partial charge in [-0.3, -0.25) is 10.1 Å². The molecule has 0 aromatic heterocycles. The van der Waals surface area contributed by atoms with Gasteiger partial charge in [-0.2, -0.15) is 0 Å². The number of anilines is 2. The van der Waals surface area contributed by atoms with E-state index in [1.165, 1.54) is 6.07 Å². The van der Waals surface area contributed by atoms with Crippen molar-refractivity contribution < 1.29 is 9.31 Å². The van der Waals surface area contributed by atoms with Gasteiger partial charge in [0.2, 0.25) is 0 Å². The van der Waals surface area contributed by atoms with Gasteiger partial charge in [-0.05, 0) is 30.7 Å². The van der Waals surface area contributed by atoms with Crippen LogP contribution in [0, 0.1) is 15.9 Å². The first-order valence-corrected chi connectivity index (χ1v) is 6.51. The third kappa shape index (κ3) is 3.41. The Balaban J connectivity index is 2.32. The lowest BCUT2D eigenvalue weighted by molar-refractivity contribution is -0.384. The van der Waals surface area contributed by atoms with Gasteiger partial charge >= 0.3 is 0 Å². The lowest BCUT2D eigenvalue weighted by Gasteiger charge is -2.16. The third-order valence-corrected chi connectivity index (χ3v) is 3.33. The molecular weight excluding hydrogens is 297 g/mol. The smallest absolute Gasteiger partial charge is 0.295 e. The number of hydrogen-bond acceptors (Lipinski definition) is 4. The molecule has 2 rings (SSSR count). The standard InChI is InChI=1S/C14H13ClFN3O2/c1-8(9-2-4-10(17)5-3-9)18-13-6-11(15)12(16)7-14(13)19(20)21/h2-8,18H,17H2,1H3. The fourth-order valence-corrected chi connectivity index (χ4v) is 2.07. The number of nitro benzene ring substituents is 1. The molecule has 0 saturated carbocycles. The van der Waals surface area contributed by atoms with Gasteiger partial charge < -0.3 is 11.1 Å². The van der Waals surface area contributed by atoms with Crippen molar-refractivity contribution in [2.45, 2.75) is 13.0 Å². The quantitative estimate of drug-likeness (QED) is 0.505. The fourth-order valence-electron chi connectivity index (χ4n) is 1.90. The van der Waals surface area contributed by atoms with Crippen molar-refractivity contribution in [3.05, 3.63) is 62.9 Å². The van der Waals surface area contributed by atoms with Crippen LogP contribution < -0.4 is 11.1 Å². The van der Waals surface area contributed by atoms with Crippen LogP contribution in [-0.2, 0) is 0 Å². The van der Waals surface area contributed by atoms with Gasteiger partial charge in [0.1, 0.15) is 11.5 Å². The number of nitro groups is 1. The van der Waals surface area contributed by atoms with E-state index in [1.807, 2.05) is 19.1 Å². The summed E-state index contributed by atoms with van der Waals surface area (Å²) in [7, 11) is 0. The molecule has 21 heavy (non-hydrogen) atoms. The van der Waals surface area contributed by atoms with E-state index in [-0.39, 0.29) is 22.4 Å². The van der Waals surface area contributed by atoms with Gasteiger partial charge in [0.25, 0.3) is 5.69 Å². The van der Waals surface area contributed by atoms with Crippen molar-refractivity contribution in [1.82, 2.24) is 0 Å². The molecule has 0 radical (unpaired) electrons. The lowest BCUT2D eigenvalue weighted by Crippen LogP contribution is -2.09. The van der Waals surface area contributed by atoms with E-state index < -0.39 is 10.7 Å². The second kappa shape index (κ2) is 5.97. The van der Waals surface area contributed by atoms with E-state index >= 15 is 0 Å². The van der Waals surface area contributed by atoms with E-state index in [4.69, 9.17) is 17.3 Å². The summed E-state index contributed by atoms with van der Waals surface area (Å²) >= 11 is 5.69. The molecule has 0 saturated heterocycles. The Kier molecular flexibility index (Phi) is 4.28. The zero-order valence-electron chi connectivity index (χ0n) is 11.1. The van der Waals surface area contributed by atoms with Crippen molar-refractivity contribution in [2.24, 2.45) is 0 Å². The summed E-state index contributed by atoms with van der Waals surface area (Å²) in [6, 6.07) is 8.88. The van der Waals surface area contributed by atoms with Crippen molar-refractivity contribution in [1.29, 1.82) is 0 Å². The van der Waals surface area contributed by atoms with Crippen LogP contribution in [0.25, 0.3) is 0 Å². The van der Waals surface area contributed by atoms with Crippen LogP contribution in [-0.4, -0.2) is 4.92 Å². The molecule has 0 fully saturated rings. The van der Waals surface area contributed by atoms with E-state index in [0.29, 0.717) is 5.69 Å². The van der Waals surface area contributed by atoms with Gasteiger partial charge in [-0.1, -0.05) is 23.7 Å². The molecule has 3 N–H and O–H groups in total. The number of nitrogens with one attached hydrogen (secondary N) is 1. The summed E-state index contributed by atoms with van der Waals surface area (Å²) < 4.78 is 13.3. The minimum atomic E-state index is -0.825. The highest BCUT2D eigenvalue weighted by atomic mass is 35.5. The van der Waals surface area contributed by atoms with Crippen LogP contribution in [0.1, 0.15) is 18.5 Å². The fraction of sp³-hybridized carbons (Fsp3) is 0.143. The van der Waals surface area contributed by atoms with Crippen molar-refractivity contribution >= 4 is 28.7 Å². The molecular formula is C14H13ClFN3O2. The number of halogens is 2. The molecule has 2 aromatic rings. The molecule has 1 atom stereocenters. The number of nitrogen functional groups attached to an aromatic ring is 1. The average Bonchev–Trinajstić information content (AvgIpc) is 2.43. The first-order chi connectivity index (χ1) is 9.88. The maximum absolute atomic E-state index is 13.3. The van der Waals surface area contributed by atoms with Crippen molar-refractivity contribution in [2.75, 3.05) is 11.1 Å². The Morgan fingerprint density at radius 3 is 2.52 bits per heavy atom. The van der Waals surface area contributed by atoms with Crippen LogP contribution in [0.15, 0.2) is 36.4 Å². The molecule has 7 heteroatoms. The Morgan fingerprint density at radius 2 is 1.95 bits per heavy atom. The summed E-state index contributed by atoms with van der Waals surface area (Å²) in [5, 5.41) is 13.8. The SMILES string of the molecule is CC(Nc1cc(Cl)c(F)cc1[N+](=O)[O-])c1ccc(N)cc1. The molecule has 0 aliphatic carbocycles. The second-order valence-electron chi connectivity index (χ2n) is 4.57. The predicted molar refractivity (Wildman–Crippen MR) is 81.0 cm³/mol. The van der Waals surface area contributed by atoms with E-state index in [0.717, 1.165) is 11.6 Å². The molecule has 0 bridgehead atoms. The number of rotatable bonds is 4. The van der Waals surface area contributed by atoms with Crippen LogP contribution in [0.2, 0.25) is 5.02 Å². The monoisotopic (exact) mass is 309 g/mol. The number of nitrogens with zero attached hydrogens (tertiary/aromatic N) is 1. The Labute approximate surface area is 125 Å². The highest BCUT2D eigenvalue weighted by molar-refractivity contribution is 6.31. The van der Waals surface area contributed by atoms with Crippen LogP contribution in [0.5, 0.6) is 0 Å². The van der Waals surface area contributed by atoms with Gasteiger partial charge in [0.05, 0.1) is 16.0 Å². The number of nitrogens with two attached hydrogens (primary N) is 1. The second-order valence-corrected chi connectivity index (χ2v) is 4.98. The van der Waals surface area contributed by atoms with E-state index in [2.05, 4.69) is 5.32 Å². The molecule has 110 valence electrons. The molecule has 1 unspecified atom stereocenters. The number of benzene rings is 2. The van der Waals surface area contributed by atoms with Crippen molar-refractivity contribution in [3.8, 4) is 0 Å². The van der Waals surface area contributed by atoms with Crippen LogP contribution >= 0.6 is 11.6 Å². The van der Waals surface area contributed by atoms with Crippen LogP contribution in [0.3, 0.4) is 0 Å². The minimum absolute atomic E-state index is 0.163. The third-order valence-electron chi connectivity index (χ3n) is 3.04. The first kappa shape index (κ1) is 15.1. The van der Waals surface area contributed by atoms with E-state index in [9.17, 15) is 14.5 Å².